The molecular weight excluding hydrogens is 286 g/mol. The SMILES string of the molecule is CNC(COc1c(F)c(F)cc(F)c1F)c1ccccc1. The first-order valence-electron chi connectivity index (χ1n) is 6.22. The number of benzene rings is 2. The van der Waals surface area contributed by atoms with Crippen LogP contribution < -0.4 is 10.1 Å². The molecule has 112 valence electrons. The monoisotopic (exact) mass is 299 g/mol. The fourth-order valence-corrected chi connectivity index (χ4v) is 1.88. The molecule has 0 heterocycles. The minimum atomic E-state index is -1.54. The number of hydrogen-bond acceptors (Lipinski definition) is 2. The maximum atomic E-state index is 13.5. The highest BCUT2D eigenvalue weighted by molar-refractivity contribution is 5.29. The average molecular weight is 299 g/mol. The van der Waals surface area contributed by atoms with Crippen LogP contribution in [0.15, 0.2) is 36.4 Å². The number of hydrogen-bond donors (Lipinski definition) is 1. The molecule has 0 radical (unpaired) electrons. The largest absolute Gasteiger partial charge is 0.485 e. The van der Waals surface area contributed by atoms with Crippen LogP contribution in [0.4, 0.5) is 17.6 Å². The number of rotatable bonds is 5. The Morgan fingerprint density at radius 3 is 2.10 bits per heavy atom. The molecule has 1 N–H and O–H groups in total. The maximum absolute atomic E-state index is 13.5. The molecule has 0 fully saturated rings. The standard InChI is InChI=1S/C15H13F4NO/c1-20-12(9-5-3-2-4-6-9)8-21-15-13(18)10(16)7-11(17)14(15)19/h2-7,12,20H,8H2,1H3. The first-order valence-corrected chi connectivity index (χ1v) is 6.22. The number of halogens is 4. The Hall–Kier alpha value is -2.08. The number of ether oxygens (including phenoxy) is 1. The second-order valence-electron chi connectivity index (χ2n) is 4.36. The van der Waals surface area contributed by atoms with Gasteiger partial charge in [-0.2, -0.15) is 8.78 Å². The van der Waals surface area contributed by atoms with Gasteiger partial charge in [-0.1, -0.05) is 30.3 Å². The van der Waals surface area contributed by atoms with Gasteiger partial charge in [-0.3, -0.25) is 0 Å². The second kappa shape index (κ2) is 6.58. The first kappa shape index (κ1) is 15.3. The molecule has 2 aromatic carbocycles. The van der Waals surface area contributed by atoms with E-state index in [4.69, 9.17) is 4.74 Å². The van der Waals surface area contributed by atoms with Crippen molar-refractivity contribution in [1.29, 1.82) is 0 Å². The smallest absolute Gasteiger partial charge is 0.203 e. The van der Waals surface area contributed by atoms with E-state index in [-0.39, 0.29) is 18.7 Å². The van der Waals surface area contributed by atoms with Crippen LogP contribution in [0.1, 0.15) is 11.6 Å². The molecular formula is C15H13F4NO. The van der Waals surface area contributed by atoms with Crippen molar-refractivity contribution in [2.45, 2.75) is 6.04 Å². The zero-order chi connectivity index (χ0) is 15.4. The van der Waals surface area contributed by atoms with Gasteiger partial charge in [-0.25, -0.2) is 8.78 Å². The average Bonchev–Trinajstić information content (AvgIpc) is 2.50. The molecule has 2 aromatic rings. The molecule has 21 heavy (non-hydrogen) atoms. The van der Waals surface area contributed by atoms with E-state index in [0.29, 0.717) is 0 Å². The van der Waals surface area contributed by atoms with Gasteiger partial charge in [-0.15, -0.1) is 0 Å². The molecule has 1 atom stereocenters. The summed E-state index contributed by atoms with van der Waals surface area (Å²) in [6.07, 6.45) is 0. The van der Waals surface area contributed by atoms with Crippen molar-refractivity contribution < 1.29 is 22.3 Å². The molecule has 0 saturated carbocycles. The Morgan fingerprint density at radius 1 is 1.00 bits per heavy atom. The molecule has 0 bridgehead atoms. The summed E-state index contributed by atoms with van der Waals surface area (Å²) >= 11 is 0. The Balaban J connectivity index is 2.19. The lowest BCUT2D eigenvalue weighted by Crippen LogP contribution is -2.24. The molecule has 1 unspecified atom stereocenters. The van der Waals surface area contributed by atoms with Crippen LogP contribution in [0.3, 0.4) is 0 Å². The van der Waals surface area contributed by atoms with Gasteiger partial charge in [0.15, 0.2) is 17.4 Å². The molecule has 0 amide bonds. The van der Waals surface area contributed by atoms with E-state index in [1.165, 1.54) is 0 Å². The second-order valence-corrected chi connectivity index (χ2v) is 4.36. The summed E-state index contributed by atoms with van der Waals surface area (Å²) in [6.45, 7) is -0.183. The third kappa shape index (κ3) is 3.33. The van der Waals surface area contributed by atoms with E-state index in [1.54, 1.807) is 31.3 Å². The summed E-state index contributed by atoms with van der Waals surface area (Å²) in [4.78, 5) is 0. The maximum Gasteiger partial charge on any atom is 0.203 e. The van der Waals surface area contributed by atoms with Crippen molar-refractivity contribution in [2.75, 3.05) is 13.7 Å². The summed E-state index contributed by atoms with van der Waals surface area (Å²) in [5, 5.41) is 2.90. The molecule has 0 aliphatic carbocycles. The molecule has 2 rings (SSSR count). The van der Waals surface area contributed by atoms with Gasteiger partial charge in [0.25, 0.3) is 0 Å². The van der Waals surface area contributed by atoms with Crippen molar-refractivity contribution in [2.24, 2.45) is 0 Å². The molecule has 6 heteroatoms. The van der Waals surface area contributed by atoms with Gasteiger partial charge in [0.05, 0.1) is 6.04 Å². The fraction of sp³-hybridized carbons (Fsp3) is 0.200. The predicted octanol–water partition coefficient (Wildman–Crippen LogP) is 3.58. The summed E-state index contributed by atoms with van der Waals surface area (Å²) in [7, 11) is 1.64. The van der Waals surface area contributed by atoms with Crippen LogP contribution in [-0.2, 0) is 0 Å². The van der Waals surface area contributed by atoms with Gasteiger partial charge in [0, 0.05) is 6.07 Å². The van der Waals surface area contributed by atoms with Crippen LogP contribution in [0.5, 0.6) is 5.75 Å². The molecule has 0 aromatic heterocycles. The minimum Gasteiger partial charge on any atom is -0.485 e. The Kier molecular flexibility index (Phi) is 4.80. The Morgan fingerprint density at radius 2 is 1.57 bits per heavy atom. The first-order chi connectivity index (χ1) is 10.0. The fourth-order valence-electron chi connectivity index (χ4n) is 1.88. The Labute approximate surface area is 119 Å². The van der Waals surface area contributed by atoms with Crippen LogP contribution in [0.25, 0.3) is 0 Å². The zero-order valence-electron chi connectivity index (χ0n) is 11.2. The third-order valence-corrected chi connectivity index (χ3v) is 3.02. The summed E-state index contributed by atoms with van der Waals surface area (Å²) in [6, 6.07) is 8.76. The van der Waals surface area contributed by atoms with Crippen molar-refractivity contribution in [1.82, 2.24) is 5.32 Å². The molecule has 0 aliphatic heterocycles. The molecule has 0 aliphatic rings. The number of nitrogens with one attached hydrogen (secondary N) is 1. The highest BCUT2D eigenvalue weighted by Gasteiger charge is 2.21. The summed E-state index contributed by atoms with van der Waals surface area (Å²) < 4.78 is 58.0. The van der Waals surface area contributed by atoms with E-state index in [9.17, 15) is 17.6 Å². The van der Waals surface area contributed by atoms with Crippen molar-refractivity contribution in [3.05, 3.63) is 65.2 Å². The molecule has 0 spiro atoms. The summed E-state index contributed by atoms with van der Waals surface area (Å²) in [5.74, 6) is -7.13. The molecule has 0 saturated heterocycles. The van der Waals surface area contributed by atoms with Crippen LogP contribution in [0, 0.1) is 23.3 Å². The van der Waals surface area contributed by atoms with Gasteiger partial charge in [-0.05, 0) is 12.6 Å². The van der Waals surface area contributed by atoms with E-state index in [0.717, 1.165) is 5.56 Å². The topological polar surface area (TPSA) is 21.3 Å². The van der Waals surface area contributed by atoms with Gasteiger partial charge in [0.2, 0.25) is 11.6 Å². The lowest BCUT2D eigenvalue weighted by molar-refractivity contribution is 0.240. The van der Waals surface area contributed by atoms with Crippen molar-refractivity contribution in [3.8, 4) is 5.75 Å². The zero-order valence-corrected chi connectivity index (χ0v) is 11.2. The van der Waals surface area contributed by atoms with Gasteiger partial charge >= 0.3 is 0 Å². The molecule has 2 nitrogen and oxygen atoms in total. The lowest BCUT2D eigenvalue weighted by Gasteiger charge is -2.18. The van der Waals surface area contributed by atoms with E-state index in [1.807, 2.05) is 6.07 Å². The normalized spacial score (nSPS) is 12.2. The van der Waals surface area contributed by atoms with E-state index >= 15 is 0 Å². The quantitative estimate of drug-likeness (QED) is 0.673. The summed E-state index contributed by atoms with van der Waals surface area (Å²) in [5.41, 5.74) is 0.817. The lowest BCUT2D eigenvalue weighted by atomic mass is 10.1. The van der Waals surface area contributed by atoms with Crippen LogP contribution in [0.2, 0.25) is 0 Å². The van der Waals surface area contributed by atoms with E-state index in [2.05, 4.69) is 5.32 Å². The predicted molar refractivity (Wildman–Crippen MR) is 70.0 cm³/mol. The van der Waals surface area contributed by atoms with Crippen LogP contribution in [-0.4, -0.2) is 13.7 Å². The third-order valence-electron chi connectivity index (χ3n) is 3.02. The highest BCUT2D eigenvalue weighted by Crippen LogP contribution is 2.27. The number of likely N-dealkylation sites (N-methyl/N-ethyl adjacent to an activating group) is 1. The van der Waals surface area contributed by atoms with Gasteiger partial charge in [0.1, 0.15) is 6.61 Å². The van der Waals surface area contributed by atoms with Crippen molar-refractivity contribution in [3.63, 3.8) is 0 Å². The van der Waals surface area contributed by atoms with Crippen molar-refractivity contribution >= 4 is 0 Å². The Bertz CT molecular complexity index is 593. The highest BCUT2D eigenvalue weighted by atomic mass is 19.2. The van der Waals surface area contributed by atoms with E-state index < -0.39 is 29.0 Å². The van der Waals surface area contributed by atoms with Crippen LogP contribution >= 0.6 is 0 Å². The minimum absolute atomic E-state index is 0.143. The van der Waals surface area contributed by atoms with Gasteiger partial charge < -0.3 is 10.1 Å².